The van der Waals surface area contributed by atoms with E-state index in [0.717, 1.165) is 147 Å². The van der Waals surface area contributed by atoms with Gasteiger partial charge in [-0.15, -0.1) is 20.0 Å². The molecule has 2 N–H and O–H groups in total. The number of halogens is 3. The second kappa shape index (κ2) is 51.9. The number of aryl methyl sites for hydroxylation is 1. The Hall–Kier alpha value is -7.60. The highest BCUT2D eigenvalue weighted by Crippen LogP contribution is 2.50. The second-order valence-corrected chi connectivity index (χ2v) is 43.8. The predicted octanol–water partition coefficient (Wildman–Crippen LogP) is 37.9. The van der Waals surface area contributed by atoms with Crippen LogP contribution in [-0.2, 0) is 47.3 Å². The molecular weight excluding hydrogens is 1720 g/mol. The molecule has 0 saturated heterocycles. The Bertz CT molecular complexity index is 5170. The van der Waals surface area contributed by atoms with E-state index in [-0.39, 0.29) is 17.5 Å². The van der Waals surface area contributed by atoms with Crippen LogP contribution in [0.3, 0.4) is 0 Å². The van der Waals surface area contributed by atoms with Crippen molar-refractivity contribution >= 4 is 41.4 Å². The Kier molecular flexibility index (Phi) is 40.2. The summed E-state index contributed by atoms with van der Waals surface area (Å²) < 4.78 is 57.6. The number of unbranched alkanes of at least 4 members (excludes halogenated alkanes) is 4. The number of carbonyl (C=O) groups excluding carboxylic acids is 1. The smallest absolute Gasteiger partial charge is 0.417 e. The molecule has 0 bridgehead atoms. The first-order valence-electron chi connectivity index (χ1n) is 51.7. The molecule has 1 heterocycles. The topological polar surface area (TPSA) is 104 Å². The van der Waals surface area contributed by atoms with Gasteiger partial charge in [0.2, 0.25) is 0 Å². The highest BCUT2D eigenvalue weighted by Gasteiger charge is 2.37. The molecule has 14 heteroatoms. The molecule has 9 aromatic carbocycles. The molecule has 10 aromatic rings. The third-order valence-electron chi connectivity index (χ3n) is 31.3. The number of rotatable bonds is 32. The molecule has 5 fully saturated rings. The molecule has 6 aliphatic carbocycles. The van der Waals surface area contributed by atoms with Gasteiger partial charge in [0.05, 0.1) is 42.2 Å². The molecule has 0 spiro atoms. The van der Waals surface area contributed by atoms with E-state index in [2.05, 4.69) is 244 Å². The first kappa shape index (κ1) is 104. The number of hydrogen-bond acceptors (Lipinski definition) is 11. The Balaban J connectivity index is 0.000000153. The van der Waals surface area contributed by atoms with Gasteiger partial charge in [0.15, 0.2) is 0 Å². The molecule has 1 atom stereocenters. The fourth-order valence-corrected chi connectivity index (χ4v) is 24.8. The van der Waals surface area contributed by atoms with E-state index >= 15 is 0 Å². The number of ether oxygens (including phenoxy) is 1. The van der Waals surface area contributed by atoms with Gasteiger partial charge in [0.1, 0.15) is 0 Å². The van der Waals surface area contributed by atoms with Crippen LogP contribution in [0.25, 0.3) is 65.4 Å². The van der Waals surface area contributed by atoms with Crippen molar-refractivity contribution in [1.29, 1.82) is 0 Å². The van der Waals surface area contributed by atoms with Crippen molar-refractivity contribution < 1.29 is 52.0 Å². The van der Waals surface area contributed by atoms with Crippen molar-refractivity contribution in [2.24, 2.45) is 47.3 Å². The standard InChI is InChI=1S/C37H45F3.C32H46O3S.C28H32O2S.C23H30O3S/c1-4-5-6-7-26-8-10-28(11-9-26)30-16-17-32-23-33(19-18-31(32)22-30)34-20-21-35(36(24-34)37(38,39)40)29-14-12-27(13-15-29)25(2)3;1-4-5-6-7-24-8-10-26(11-9-24)27-14-16-28(17-15-27)30-20-21-31(32(22-30)36-35-34-33)29-18-12-25(13-19-29)23(2)3;1-4-30-28(29)25-15-9-22(10-16-25)21-7-13-24(14-8-21)27-18-17-26(31-27)23-11-5-20(6-12-23)19(2)3;1-4-17-5-7-19(8-6-17)21-13-14-22(23(15-21)27-26-25-24)20-11-9-18(10-12-20)16(2)3/h12-15,18-21,23-26,28,30H,4-11,16-17,22H2,1-3H3;12-13,18-24,26-28,33H,4-11,14-17H2,1-3H3;5-8,11-14,17-19,22,25H,4,9-10,15-16H2,1-3H3;9-17,19,24H,4-8H2,1-3H3. The molecule has 134 heavy (non-hydrogen) atoms. The molecule has 0 amide bonds. The van der Waals surface area contributed by atoms with Crippen LogP contribution in [0, 0.1) is 47.3 Å². The van der Waals surface area contributed by atoms with Gasteiger partial charge >= 0.3 is 12.1 Å². The predicted molar refractivity (Wildman–Crippen MR) is 555 cm³/mol. The van der Waals surface area contributed by atoms with Gasteiger partial charge < -0.3 is 4.74 Å². The van der Waals surface area contributed by atoms with E-state index < -0.39 is 11.7 Å². The molecule has 0 radical (unpaired) electrons. The molecule has 16 rings (SSSR count). The summed E-state index contributed by atoms with van der Waals surface area (Å²) in [6.45, 7) is 26.7. The van der Waals surface area contributed by atoms with Crippen molar-refractivity contribution in [3.63, 3.8) is 0 Å². The minimum atomic E-state index is -4.42. The monoisotopic (exact) mass is 1880 g/mol. The van der Waals surface area contributed by atoms with E-state index in [4.69, 9.17) is 23.9 Å². The fraction of sp³-hybridized carbons (Fsp3) is 0.508. The fourth-order valence-electron chi connectivity index (χ4n) is 22.6. The van der Waals surface area contributed by atoms with Crippen molar-refractivity contribution in [2.45, 2.75) is 346 Å². The molecule has 8 nitrogen and oxygen atoms in total. The number of hydrogen-bond donors (Lipinski definition) is 2. The lowest BCUT2D eigenvalue weighted by atomic mass is 9.68. The average Bonchev–Trinajstić information content (AvgIpc) is 0.969. The molecular formula is C120H153F3O8S3. The number of esters is 1. The van der Waals surface area contributed by atoms with Crippen LogP contribution in [0.15, 0.2) is 216 Å². The third kappa shape index (κ3) is 29.0. The number of alkyl halides is 3. The Labute approximate surface area is 814 Å². The van der Waals surface area contributed by atoms with Crippen LogP contribution in [-0.4, -0.2) is 23.1 Å². The third-order valence-corrected chi connectivity index (χ3v) is 33.8. The van der Waals surface area contributed by atoms with Gasteiger partial charge in [-0.1, -0.05) is 346 Å². The summed E-state index contributed by atoms with van der Waals surface area (Å²) in [5, 5.41) is 25.2. The number of thiophene rings is 1. The number of benzene rings is 9. The Morgan fingerprint density at radius 2 is 0.739 bits per heavy atom. The van der Waals surface area contributed by atoms with E-state index in [9.17, 15) is 18.0 Å². The Morgan fingerprint density at radius 3 is 1.16 bits per heavy atom. The molecule has 1 aromatic heterocycles. The summed E-state index contributed by atoms with van der Waals surface area (Å²) >= 11 is 4.00. The summed E-state index contributed by atoms with van der Waals surface area (Å²) in [6.07, 6.45) is 37.3. The summed E-state index contributed by atoms with van der Waals surface area (Å²) in [4.78, 5) is 16.5. The van der Waals surface area contributed by atoms with Crippen LogP contribution < -0.4 is 0 Å². The lowest BCUT2D eigenvalue weighted by Crippen LogP contribution is -2.26. The van der Waals surface area contributed by atoms with Gasteiger partial charge in [0, 0.05) is 19.5 Å². The normalized spacial score (nSPS) is 21.5. The molecule has 6 aliphatic rings. The van der Waals surface area contributed by atoms with Gasteiger partial charge in [0.25, 0.3) is 0 Å². The molecule has 1 unspecified atom stereocenters. The Morgan fingerprint density at radius 1 is 0.373 bits per heavy atom. The van der Waals surface area contributed by atoms with Gasteiger partial charge in [-0.3, -0.25) is 4.79 Å². The van der Waals surface area contributed by atoms with E-state index in [1.807, 2.05) is 54.7 Å². The molecule has 720 valence electrons. The van der Waals surface area contributed by atoms with Gasteiger partial charge in [-0.2, -0.15) is 13.2 Å². The zero-order valence-corrected chi connectivity index (χ0v) is 84.8. The van der Waals surface area contributed by atoms with Gasteiger partial charge in [-0.05, 0) is 348 Å². The zero-order chi connectivity index (χ0) is 94.6. The van der Waals surface area contributed by atoms with Gasteiger partial charge in [-0.25, -0.2) is 10.5 Å². The van der Waals surface area contributed by atoms with Crippen LogP contribution in [0.2, 0.25) is 0 Å². The number of carbonyl (C=O) groups is 1. The van der Waals surface area contributed by atoms with Crippen molar-refractivity contribution in [1.82, 2.24) is 0 Å². The lowest BCUT2D eigenvalue weighted by molar-refractivity contribution is -0.432. The quantitative estimate of drug-likeness (QED) is 0.0139. The first-order valence-corrected chi connectivity index (χ1v) is 54.0. The SMILES string of the molecule is CCC1CCC(c2ccc(-c3ccc(C(C)C)cc3)c(SOOO)c2)CC1.CCCCCC1CCC(C2CCC(c3ccc(-c4ccc(C(C)C)cc4)c(SOOO)c3)CC2)CC1.CCCCCC1CCC(C2CCc3cc(-c4ccc(-c5ccc(C(C)C)cc5)c(C(F)(F)F)c4)ccc3C2)CC1.CCOC(=O)C1CCC(c2ccc(-c3ccc(-c4ccc(C(C)C)cc4)s3)cc2)CC1. The van der Waals surface area contributed by atoms with Crippen LogP contribution >= 0.6 is 35.4 Å². The summed E-state index contributed by atoms with van der Waals surface area (Å²) in [5.41, 5.74) is 20.9. The highest BCUT2D eigenvalue weighted by molar-refractivity contribution is 7.95. The summed E-state index contributed by atoms with van der Waals surface area (Å²) in [5.74, 6) is 10.1. The van der Waals surface area contributed by atoms with E-state index in [1.165, 1.54) is 238 Å². The van der Waals surface area contributed by atoms with Crippen LogP contribution in [0.5, 0.6) is 0 Å². The van der Waals surface area contributed by atoms with E-state index in [0.29, 0.717) is 59.2 Å². The van der Waals surface area contributed by atoms with Crippen LogP contribution in [0.4, 0.5) is 13.2 Å². The second-order valence-electron chi connectivity index (χ2n) is 41.2. The zero-order valence-electron chi connectivity index (χ0n) is 82.3. The average molecular weight is 1880 g/mol. The van der Waals surface area contributed by atoms with E-state index in [1.54, 1.807) is 6.07 Å². The minimum absolute atomic E-state index is 0.0105. The maximum absolute atomic E-state index is 14.2. The van der Waals surface area contributed by atoms with Crippen molar-refractivity contribution in [3.8, 4) is 65.4 Å². The molecule has 5 saturated carbocycles. The summed E-state index contributed by atoms with van der Waals surface area (Å²) in [7, 11) is 0. The maximum atomic E-state index is 14.2. The minimum Gasteiger partial charge on any atom is -0.466 e. The summed E-state index contributed by atoms with van der Waals surface area (Å²) in [6, 6.07) is 72.0. The molecule has 0 aliphatic heterocycles. The van der Waals surface area contributed by atoms with Crippen molar-refractivity contribution in [2.75, 3.05) is 6.61 Å². The largest absolute Gasteiger partial charge is 0.466 e. The van der Waals surface area contributed by atoms with Crippen molar-refractivity contribution in [3.05, 3.63) is 262 Å². The lowest BCUT2D eigenvalue weighted by Gasteiger charge is -2.38. The number of fused-ring (bicyclic) bond motifs is 1. The van der Waals surface area contributed by atoms with Crippen LogP contribution in [0.1, 0.15) is 373 Å². The first-order chi connectivity index (χ1) is 65.0. The highest BCUT2D eigenvalue weighted by atomic mass is 32.2. The maximum Gasteiger partial charge on any atom is 0.417 e.